The van der Waals surface area contributed by atoms with Crippen molar-refractivity contribution in [3.63, 3.8) is 0 Å². The molecule has 0 saturated carbocycles. The zero-order chi connectivity index (χ0) is 13.3. The van der Waals surface area contributed by atoms with Gasteiger partial charge in [0.1, 0.15) is 0 Å². The van der Waals surface area contributed by atoms with Gasteiger partial charge in [-0.15, -0.1) is 0 Å². The summed E-state index contributed by atoms with van der Waals surface area (Å²) in [5, 5.41) is 3.29. The van der Waals surface area contributed by atoms with E-state index in [4.69, 9.17) is 5.73 Å². The number of hydrogen-bond donors (Lipinski definition) is 2. The van der Waals surface area contributed by atoms with E-state index in [0.717, 1.165) is 19.5 Å². The van der Waals surface area contributed by atoms with Crippen LogP contribution in [-0.4, -0.2) is 42.9 Å². The van der Waals surface area contributed by atoms with Crippen LogP contribution in [0.25, 0.3) is 0 Å². The molecule has 3 N–H and O–H groups in total. The summed E-state index contributed by atoms with van der Waals surface area (Å²) in [6, 6.07) is 0. The van der Waals surface area contributed by atoms with E-state index in [-0.39, 0.29) is 17.7 Å². The standard InChI is InChI=1S/C13H23N3O2/c1-9-5-10(7-15-6-9)11(17)16-4-3-13(2,8-16)12(14)18/h9-10,15H,3-8H2,1-2H3,(H2,14,18). The normalized spacial score (nSPS) is 36.7. The van der Waals surface area contributed by atoms with Crippen molar-refractivity contribution in [3.8, 4) is 0 Å². The molecule has 3 unspecified atom stereocenters. The van der Waals surface area contributed by atoms with Crippen LogP contribution in [0.2, 0.25) is 0 Å². The predicted molar refractivity (Wildman–Crippen MR) is 68.6 cm³/mol. The van der Waals surface area contributed by atoms with Crippen LogP contribution >= 0.6 is 0 Å². The zero-order valence-electron chi connectivity index (χ0n) is 11.2. The highest BCUT2D eigenvalue weighted by Gasteiger charge is 2.42. The Labute approximate surface area is 108 Å². The lowest BCUT2D eigenvalue weighted by Crippen LogP contribution is -2.46. The molecule has 3 atom stereocenters. The van der Waals surface area contributed by atoms with Crippen molar-refractivity contribution in [2.45, 2.75) is 26.7 Å². The molecule has 5 heteroatoms. The van der Waals surface area contributed by atoms with Gasteiger partial charge in [-0.25, -0.2) is 0 Å². The SMILES string of the molecule is CC1CNCC(C(=O)N2CCC(C)(C(N)=O)C2)C1. The highest BCUT2D eigenvalue weighted by atomic mass is 16.2. The zero-order valence-corrected chi connectivity index (χ0v) is 11.2. The van der Waals surface area contributed by atoms with Gasteiger partial charge in [-0.3, -0.25) is 9.59 Å². The quantitative estimate of drug-likeness (QED) is 0.725. The van der Waals surface area contributed by atoms with Crippen molar-refractivity contribution in [3.05, 3.63) is 0 Å². The molecule has 0 aliphatic carbocycles. The molecule has 0 aromatic rings. The van der Waals surface area contributed by atoms with E-state index in [0.29, 0.717) is 25.4 Å². The smallest absolute Gasteiger partial charge is 0.227 e. The Kier molecular flexibility index (Phi) is 3.61. The topological polar surface area (TPSA) is 75.4 Å². The maximum Gasteiger partial charge on any atom is 0.227 e. The summed E-state index contributed by atoms with van der Waals surface area (Å²) in [6.45, 7) is 6.89. The number of carbonyl (C=O) groups is 2. The fourth-order valence-corrected chi connectivity index (χ4v) is 2.95. The lowest BCUT2D eigenvalue weighted by Gasteiger charge is -2.30. The molecule has 102 valence electrons. The number of hydrogen-bond acceptors (Lipinski definition) is 3. The number of amides is 2. The fourth-order valence-electron chi connectivity index (χ4n) is 2.95. The van der Waals surface area contributed by atoms with Crippen LogP contribution in [0, 0.1) is 17.3 Å². The Bertz CT molecular complexity index is 358. The second-order valence-electron chi connectivity index (χ2n) is 6.13. The van der Waals surface area contributed by atoms with Gasteiger partial charge in [0, 0.05) is 19.6 Å². The van der Waals surface area contributed by atoms with Crippen molar-refractivity contribution in [1.82, 2.24) is 10.2 Å². The molecule has 2 fully saturated rings. The van der Waals surface area contributed by atoms with Gasteiger partial charge in [-0.2, -0.15) is 0 Å². The molecule has 18 heavy (non-hydrogen) atoms. The number of rotatable bonds is 2. The Hall–Kier alpha value is -1.10. The van der Waals surface area contributed by atoms with Gasteiger partial charge in [0.25, 0.3) is 0 Å². The lowest BCUT2D eigenvalue weighted by molar-refractivity contribution is -0.136. The molecule has 5 nitrogen and oxygen atoms in total. The Morgan fingerprint density at radius 2 is 2.11 bits per heavy atom. The lowest BCUT2D eigenvalue weighted by atomic mass is 9.89. The van der Waals surface area contributed by atoms with E-state index < -0.39 is 5.41 Å². The fraction of sp³-hybridized carbons (Fsp3) is 0.846. The van der Waals surface area contributed by atoms with Crippen LogP contribution in [0.4, 0.5) is 0 Å². The van der Waals surface area contributed by atoms with E-state index in [1.807, 2.05) is 11.8 Å². The minimum absolute atomic E-state index is 0.0592. The summed E-state index contributed by atoms with van der Waals surface area (Å²) in [5.74, 6) is 0.480. The summed E-state index contributed by atoms with van der Waals surface area (Å²) >= 11 is 0. The molecule has 0 bridgehead atoms. The molecule has 0 aromatic heterocycles. The van der Waals surface area contributed by atoms with Crippen LogP contribution in [0.3, 0.4) is 0 Å². The van der Waals surface area contributed by atoms with Crippen LogP contribution < -0.4 is 11.1 Å². The first-order valence-electron chi connectivity index (χ1n) is 6.72. The highest BCUT2D eigenvalue weighted by molar-refractivity contribution is 5.84. The number of nitrogens with one attached hydrogen (secondary N) is 1. The van der Waals surface area contributed by atoms with E-state index in [1.54, 1.807) is 0 Å². The second kappa shape index (κ2) is 4.88. The Morgan fingerprint density at radius 1 is 1.39 bits per heavy atom. The third-order valence-electron chi connectivity index (χ3n) is 4.30. The number of carbonyl (C=O) groups excluding carboxylic acids is 2. The van der Waals surface area contributed by atoms with Crippen molar-refractivity contribution < 1.29 is 9.59 Å². The van der Waals surface area contributed by atoms with E-state index in [9.17, 15) is 9.59 Å². The third kappa shape index (κ3) is 2.51. The average Bonchev–Trinajstić information content (AvgIpc) is 2.72. The summed E-state index contributed by atoms with van der Waals surface area (Å²) in [5.41, 5.74) is 4.87. The van der Waals surface area contributed by atoms with Gasteiger partial charge in [-0.1, -0.05) is 6.92 Å². The van der Waals surface area contributed by atoms with E-state index in [1.165, 1.54) is 0 Å². The molecular formula is C13H23N3O2. The first-order valence-corrected chi connectivity index (χ1v) is 6.72. The molecule has 2 saturated heterocycles. The van der Waals surface area contributed by atoms with Gasteiger partial charge in [0.2, 0.25) is 11.8 Å². The molecule has 2 rings (SSSR count). The number of nitrogens with two attached hydrogens (primary N) is 1. The molecular weight excluding hydrogens is 230 g/mol. The van der Waals surface area contributed by atoms with Crippen LogP contribution in [0.15, 0.2) is 0 Å². The van der Waals surface area contributed by atoms with E-state index >= 15 is 0 Å². The summed E-state index contributed by atoms with van der Waals surface area (Å²) in [6.07, 6.45) is 1.62. The largest absolute Gasteiger partial charge is 0.369 e. The van der Waals surface area contributed by atoms with Crippen LogP contribution in [0.1, 0.15) is 26.7 Å². The average molecular weight is 253 g/mol. The summed E-state index contributed by atoms with van der Waals surface area (Å²) in [4.78, 5) is 25.6. The third-order valence-corrected chi connectivity index (χ3v) is 4.30. The first-order chi connectivity index (χ1) is 8.42. The minimum atomic E-state index is -0.538. The van der Waals surface area contributed by atoms with Crippen LogP contribution in [0.5, 0.6) is 0 Å². The monoisotopic (exact) mass is 253 g/mol. The molecule has 2 heterocycles. The molecule has 2 aliphatic heterocycles. The summed E-state index contributed by atoms with van der Waals surface area (Å²) < 4.78 is 0. The van der Waals surface area contributed by atoms with Gasteiger partial charge >= 0.3 is 0 Å². The first kappa shape index (κ1) is 13.3. The minimum Gasteiger partial charge on any atom is -0.369 e. The molecule has 2 amide bonds. The summed E-state index contributed by atoms with van der Waals surface area (Å²) in [7, 11) is 0. The van der Waals surface area contributed by atoms with Gasteiger partial charge in [0.05, 0.1) is 11.3 Å². The van der Waals surface area contributed by atoms with E-state index in [2.05, 4.69) is 12.2 Å². The molecule has 0 radical (unpaired) electrons. The highest BCUT2D eigenvalue weighted by Crippen LogP contribution is 2.31. The molecule has 2 aliphatic rings. The number of likely N-dealkylation sites (tertiary alicyclic amines) is 1. The van der Waals surface area contributed by atoms with Crippen molar-refractivity contribution in [2.24, 2.45) is 23.0 Å². The number of primary amides is 1. The van der Waals surface area contributed by atoms with Gasteiger partial charge in [-0.05, 0) is 32.2 Å². The van der Waals surface area contributed by atoms with Gasteiger partial charge < -0.3 is 16.0 Å². The second-order valence-corrected chi connectivity index (χ2v) is 6.13. The maximum atomic E-state index is 12.4. The number of nitrogens with zero attached hydrogens (tertiary/aromatic N) is 1. The van der Waals surface area contributed by atoms with Crippen LogP contribution in [-0.2, 0) is 9.59 Å². The Morgan fingerprint density at radius 3 is 2.67 bits per heavy atom. The maximum absolute atomic E-state index is 12.4. The van der Waals surface area contributed by atoms with Crippen molar-refractivity contribution in [1.29, 1.82) is 0 Å². The molecule has 0 spiro atoms. The van der Waals surface area contributed by atoms with Gasteiger partial charge in [0.15, 0.2) is 0 Å². The predicted octanol–water partition coefficient (Wildman–Crippen LogP) is -0.0441. The molecule has 0 aromatic carbocycles. The van der Waals surface area contributed by atoms with Crippen molar-refractivity contribution >= 4 is 11.8 Å². The number of piperidine rings is 1. The van der Waals surface area contributed by atoms with Crippen molar-refractivity contribution in [2.75, 3.05) is 26.2 Å². The Balaban J connectivity index is 1.97.